The van der Waals surface area contributed by atoms with E-state index in [2.05, 4.69) is 15.6 Å². The fourth-order valence-electron chi connectivity index (χ4n) is 3.03. The first kappa shape index (κ1) is 20.1. The number of ether oxygens (including phenoxy) is 1. The zero-order chi connectivity index (χ0) is 20.5. The summed E-state index contributed by atoms with van der Waals surface area (Å²) in [7, 11) is 0. The number of carbonyl (C=O) groups is 3. The van der Waals surface area contributed by atoms with Crippen LogP contribution in [-0.2, 0) is 14.3 Å². The monoisotopic (exact) mass is 404 g/mol. The molecule has 2 aromatic rings. The van der Waals surface area contributed by atoms with Gasteiger partial charge in [-0.15, -0.1) is 0 Å². The number of hydrogen-bond acceptors (Lipinski definition) is 6. The van der Waals surface area contributed by atoms with E-state index in [0.717, 1.165) is 16.6 Å². The lowest BCUT2D eigenvalue weighted by atomic mass is 10.2. The van der Waals surface area contributed by atoms with Gasteiger partial charge in [-0.1, -0.05) is 11.3 Å². The molecule has 28 heavy (non-hydrogen) atoms. The van der Waals surface area contributed by atoms with E-state index >= 15 is 0 Å². The van der Waals surface area contributed by atoms with Gasteiger partial charge in [0.25, 0.3) is 0 Å². The van der Waals surface area contributed by atoms with E-state index in [1.807, 2.05) is 6.07 Å². The van der Waals surface area contributed by atoms with Gasteiger partial charge in [0.15, 0.2) is 5.13 Å². The molecule has 0 saturated carbocycles. The van der Waals surface area contributed by atoms with E-state index < -0.39 is 17.7 Å². The molecule has 0 aliphatic carbocycles. The van der Waals surface area contributed by atoms with Crippen molar-refractivity contribution in [3.8, 4) is 0 Å². The van der Waals surface area contributed by atoms with E-state index in [-0.39, 0.29) is 11.8 Å². The van der Waals surface area contributed by atoms with Crippen molar-refractivity contribution in [3.63, 3.8) is 0 Å². The normalized spacial score (nSPS) is 16.9. The van der Waals surface area contributed by atoms with E-state index in [9.17, 15) is 14.4 Å². The molecule has 3 rings (SSSR count). The zero-order valence-electron chi connectivity index (χ0n) is 16.4. The van der Waals surface area contributed by atoms with Gasteiger partial charge in [0.2, 0.25) is 11.8 Å². The predicted octanol–water partition coefficient (Wildman–Crippen LogP) is 3.59. The Morgan fingerprint density at radius 3 is 2.68 bits per heavy atom. The summed E-state index contributed by atoms with van der Waals surface area (Å²) in [4.78, 5) is 42.2. The molecule has 1 unspecified atom stereocenters. The number of carbonyl (C=O) groups excluding carboxylic acids is 3. The fourth-order valence-corrected chi connectivity index (χ4v) is 3.93. The Morgan fingerprint density at radius 1 is 1.25 bits per heavy atom. The molecule has 2 N–H and O–H groups in total. The Morgan fingerprint density at radius 2 is 2.00 bits per heavy atom. The minimum absolute atomic E-state index is 0.152. The van der Waals surface area contributed by atoms with Crippen LogP contribution < -0.4 is 10.6 Å². The Bertz CT molecular complexity index is 918. The van der Waals surface area contributed by atoms with Gasteiger partial charge < -0.3 is 15.4 Å². The van der Waals surface area contributed by atoms with Gasteiger partial charge in [-0.2, -0.15) is 0 Å². The number of benzene rings is 1. The van der Waals surface area contributed by atoms with Gasteiger partial charge in [0.05, 0.1) is 10.2 Å². The molecule has 1 aliphatic heterocycles. The molecule has 150 valence electrons. The third kappa shape index (κ3) is 4.78. The van der Waals surface area contributed by atoms with Crippen LogP contribution in [0.2, 0.25) is 0 Å². The number of thiazole rings is 1. The molecule has 0 spiro atoms. The van der Waals surface area contributed by atoms with E-state index in [0.29, 0.717) is 23.8 Å². The first-order chi connectivity index (χ1) is 13.1. The summed E-state index contributed by atoms with van der Waals surface area (Å²) in [6.45, 7) is 7.33. The molecule has 2 heterocycles. The summed E-state index contributed by atoms with van der Waals surface area (Å²) in [5.41, 5.74) is 0.789. The highest BCUT2D eigenvalue weighted by Crippen LogP contribution is 2.29. The van der Waals surface area contributed by atoms with Gasteiger partial charge in [0.1, 0.15) is 11.6 Å². The van der Waals surface area contributed by atoms with Crippen molar-refractivity contribution >= 4 is 50.3 Å². The van der Waals surface area contributed by atoms with Crippen LogP contribution in [0.1, 0.15) is 40.5 Å². The van der Waals surface area contributed by atoms with E-state index in [1.165, 1.54) is 23.2 Å². The third-order valence-electron chi connectivity index (χ3n) is 4.12. The second-order valence-electron chi connectivity index (χ2n) is 7.70. The van der Waals surface area contributed by atoms with Gasteiger partial charge >= 0.3 is 6.09 Å². The van der Waals surface area contributed by atoms with Crippen molar-refractivity contribution in [2.75, 3.05) is 17.2 Å². The maximum atomic E-state index is 12.7. The van der Waals surface area contributed by atoms with Crippen LogP contribution in [0.4, 0.5) is 15.6 Å². The van der Waals surface area contributed by atoms with Gasteiger partial charge in [-0.3, -0.25) is 14.5 Å². The first-order valence-corrected chi connectivity index (χ1v) is 9.93. The Labute approximate surface area is 167 Å². The molecule has 3 amide bonds. The second-order valence-corrected chi connectivity index (χ2v) is 8.73. The van der Waals surface area contributed by atoms with Gasteiger partial charge in [-0.05, 0) is 51.8 Å². The number of anilines is 2. The molecule has 1 saturated heterocycles. The summed E-state index contributed by atoms with van der Waals surface area (Å²) in [6, 6.07) is 4.79. The maximum absolute atomic E-state index is 12.7. The van der Waals surface area contributed by atoms with Gasteiger partial charge in [0, 0.05) is 19.2 Å². The van der Waals surface area contributed by atoms with Crippen molar-refractivity contribution < 1.29 is 19.1 Å². The largest absolute Gasteiger partial charge is 0.444 e. The second kappa shape index (κ2) is 7.75. The number of likely N-dealkylation sites (tertiary alicyclic amines) is 1. The quantitative estimate of drug-likeness (QED) is 0.814. The number of nitrogens with zero attached hydrogens (tertiary/aromatic N) is 2. The number of aromatic nitrogens is 1. The number of nitrogens with one attached hydrogen (secondary N) is 2. The van der Waals surface area contributed by atoms with Crippen LogP contribution in [0, 0.1) is 0 Å². The van der Waals surface area contributed by atoms with Crippen LogP contribution >= 0.6 is 11.3 Å². The molecule has 1 atom stereocenters. The molecule has 0 radical (unpaired) electrons. The Kier molecular flexibility index (Phi) is 5.55. The average Bonchev–Trinajstić information content (AvgIpc) is 3.18. The van der Waals surface area contributed by atoms with Crippen LogP contribution in [0.3, 0.4) is 0 Å². The minimum atomic E-state index is -0.612. The van der Waals surface area contributed by atoms with Crippen molar-refractivity contribution in [1.29, 1.82) is 0 Å². The molecular formula is C19H24N4O4S. The van der Waals surface area contributed by atoms with Crippen molar-refractivity contribution in [1.82, 2.24) is 9.88 Å². The highest BCUT2D eigenvalue weighted by molar-refractivity contribution is 7.22. The van der Waals surface area contributed by atoms with Crippen LogP contribution in [0.5, 0.6) is 0 Å². The van der Waals surface area contributed by atoms with E-state index in [4.69, 9.17) is 4.74 Å². The minimum Gasteiger partial charge on any atom is -0.444 e. The molecule has 1 fully saturated rings. The smallest absolute Gasteiger partial charge is 0.410 e. The number of amides is 3. The predicted molar refractivity (Wildman–Crippen MR) is 109 cm³/mol. The maximum Gasteiger partial charge on any atom is 0.410 e. The Hall–Kier alpha value is -2.68. The summed E-state index contributed by atoms with van der Waals surface area (Å²) in [6.07, 6.45) is 0.856. The lowest BCUT2D eigenvalue weighted by Gasteiger charge is -2.27. The summed E-state index contributed by atoms with van der Waals surface area (Å²) < 4.78 is 6.25. The summed E-state index contributed by atoms with van der Waals surface area (Å²) in [5.74, 6) is -0.426. The van der Waals surface area contributed by atoms with Gasteiger partial charge in [-0.25, -0.2) is 9.78 Å². The van der Waals surface area contributed by atoms with E-state index in [1.54, 1.807) is 32.9 Å². The molecular weight excluding hydrogens is 380 g/mol. The Balaban J connectivity index is 1.71. The number of rotatable bonds is 3. The molecule has 0 bridgehead atoms. The topological polar surface area (TPSA) is 101 Å². The first-order valence-electron chi connectivity index (χ1n) is 9.11. The molecule has 9 heteroatoms. The lowest BCUT2D eigenvalue weighted by Crippen LogP contribution is -2.45. The number of hydrogen-bond donors (Lipinski definition) is 2. The number of fused-ring (bicyclic) bond motifs is 1. The molecule has 1 aromatic carbocycles. The standard InChI is InChI=1S/C19H24N4O4S/c1-11(24)20-12-7-8-13-15(10-12)28-17(21-13)22-16(25)14-6-5-9-23(14)18(26)27-19(2,3)4/h7-8,10,14H,5-6,9H2,1-4H3,(H,20,24)(H,21,22,25). The van der Waals surface area contributed by atoms with Crippen LogP contribution in [-0.4, -0.2) is 46.0 Å². The van der Waals surface area contributed by atoms with Crippen molar-refractivity contribution in [2.45, 2.75) is 52.2 Å². The average molecular weight is 404 g/mol. The SMILES string of the molecule is CC(=O)Nc1ccc2nc(NC(=O)C3CCCN3C(=O)OC(C)(C)C)sc2c1. The molecule has 8 nitrogen and oxygen atoms in total. The fraction of sp³-hybridized carbons (Fsp3) is 0.474. The van der Waals surface area contributed by atoms with Crippen molar-refractivity contribution in [3.05, 3.63) is 18.2 Å². The summed E-state index contributed by atoms with van der Waals surface area (Å²) in [5, 5.41) is 5.99. The van der Waals surface area contributed by atoms with Crippen molar-refractivity contribution in [2.24, 2.45) is 0 Å². The highest BCUT2D eigenvalue weighted by atomic mass is 32.1. The molecule has 1 aromatic heterocycles. The van der Waals surface area contributed by atoms with Crippen LogP contribution in [0.15, 0.2) is 18.2 Å². The zero-order valence-corrected chi connectivity index (χ0v) is 17.2. The molecule has 1 aliphatic rings. The lowest BCUT2D eigenvalue weighted by molar-refractivity contribution is -0.120. The summed E-state index contributed by atoms with van der Waals surface area (Å²) >= 11 is 1.32. The van der Waals surface area contributed by atoms with Crippen LogP contribution in [0.25, 0.3) is 10.2 Å². The third-order valence-corrected chi connectivity index (χ3v) is 5.06. The highest BCUT2D eigenvalue weighted by Gasteiger charge is 2.36.